The zero-order chi connectivity index (χ0) is 13.5. The van der Waals surface area contributed by atoms with Gasteiger partial charge in [-0.25, -0.2) is 0 Å². The monoisotopic (exact) mass is 256 g/mol. The number of nitrogens with zero attached hydrogens (tertiary/aromatic N) is 1. The minimum absolute atomic E-state index is 0.268. The van der Waals surface area contributed by atoms with Crippen LogP contribution in [0.5, 0.6) is 5.75 Å². The summed E-state index contributed by atoms with van der Waals surface area (Å²) in [4.78, 5) is 4.16. The van der Waals surface area contributed by atoms with Gasteiger partial charge in [-0.2, -0.15) is 0 Å². The summed E-state index contributed by atoms with van der Waals surface area (Å²) in [5, 5.41) is 3.35. The van der Waals surface area contributed by atoms with Crippen molar-refractivity contribution in [3.63, 3.8) is 0 Å². The van der Waals surface area contributed by atoms with Crippen molar-refractivity contribution in [1.82, 2.24) is 10.3 Å². The Hall–Kier alpha value is -1.87. The Balaban J connectivity index is 2.15. The molecule has 3 nitrogen and oxygen atoms in total. The molecule has 0 saturated carbocycles. The molecule has 0 aliphatic heterocycles. The van der Waals surface area contributed by atoms with E-state index in [1.54, 1.807) is 6.20 Å². The standard InChI is InChI=1S/C16H20N2O/c1-3-19-15-8-4-7-14(11-15)16(17-2)10-13-6-5-9-18-12-13/h4-9,11-12,16-17H,3,10H2,1-2H3. The normalized spacial score (nSPS) is 12.1. The van der Waals surface area contributed by atoms with E-state index in [1.807, 2.05) is 38.4 Å². The number of hydrogen-bond acceptors (Lipinski definition) is 3. The van der Waals surface area contributed by atoms with Crippen LogP contribution in [0.3, 0.4) is 0 Å². The fraction of sp³-hybridized carbons (Fsp3) is 0.312. The van der Waals surface area contributed by atoms with Crippen LogP contribution >= 0.6 is 0 Å². The molecule has 0 aliphatic rings. The van der Waals surface area contributed by atoms with Crippen molar-refractivity contribution in [1.29, 1.82) is 0 Å². The van der Waals surface area contributed by atoms with Crippen LogP contribution in [0, 0.1) is 0 Å². The van der Waals surface area contributed by atoms with Crippen LogP contribution in [-0.2, 0) is 6.42 Å². The van der Waals surface area contributed by atoms with Crippen LogP contribution in [-0.4, -0.2) is 18.6 Å². The molecule has 1 unspecified atom stereocenters. The van der Waals surface area contributed by atoms with E-state index in [9.17, 15) is 0 Å². The lowest BCUT2D eigenvalue weighted by Crippen LogP contribution is -2.19. The average molecular weight is 256 g/mol. The molecule has 19 heavy (non-hydrogen) atoms. The zero-order valence-electron chi connectivity index (χ0n) is 11.5. The maximum Gasteiger partial charge on any atom is 0.119 e. The lowest BCUT2D eigenvalue weighted by Gasteiger charge is -2.17. The van der Waals surface area contributed by atoms with Crippen molar-refractivity contribution < 1.29 is 4.74 Å². The first-order valence-electron chi connectivity index (χ1n) is 6.62. The molecule has 100 valence electrons. The van der Waals surface area contributed by atoms with Gasteiger partial charge >= 0.3 is 0 Å². The van der Waals surface area contributed by atoms with Gasteiger partial charge in [0.15, 0.2) is 0 Å². The van der Waals surface area contributed by atoms with Crippen LogP contribution in [0.15, 0.2) is 48.8 Å². The van der Waals surface area contributed by atoms with Crippen LogP contribution in [0.1, 0.15) is 24.1 Å². The van der Waals surface area contributed by atoms with Crippen molar-refractivity contribution in [2.24, 2.45) is 0 Å². The number of pyridine rings is 1. The van der Waals surface area contributed by atoms with E-state index in [1.165, 1.54) is 11.1 Å². The third-order valence-electron chi connectivity index (χ3n) is 3.08. The molecule has 1 heterocycles. The van der Waals surface area contributed by atoms with Gasteiger partial charge < -0.3 is 10.1 Å². The zero-order valence-corrected chi connectivity index (χ0v) is 11.5. The smallest absolute Gasteiger partial charge is 0.119 e. The molecule has 1 aromatic heterocycles. The van der Waals surface area contributed by atoms with Crippen LogP contribution < -0.4 is 10.1 Å². The molecular formula is C16H20N2O. The molecular weight excluding hydrogens is 236 g/mol. The number of nitrogens with one attached hydrogen (secondary N) is 1. The third-order valence-corrected chi connectivity index (χ3v) is 3.08. The first kappa shape index (κ1) is 13.6. The molecule has 2 aromatic rings. The molecule has 0 fully saturated rings. The number of aromatic nitrogens is 1. The van der Waals surface area contributed by atoms with E-state index in [4.69, 9.17) is 4.74 Å². The van der Waals surface area contributed by atoms with Crippen LogP contribution in [0.2, 0.25) is 0 Å². The van der Waals surface area contributed by atoms with Crippen LogP contribution in [0.4, 0.5) is 0 Å². The highest BCUT2D eigenvalue weighted by atomic mass is 16.5. The van der Waals surface area contributed by atoms with E-state index in [0.29, 0.717) is 6.61 Å². The van der Waals surface area contributed by atoms with Crippen molar-refractivity contribution in [2.45, 2.75) is 19.4 Å². The van der Waals surface area contributed by atoms with E-state index < -0.39 is 0 Å². The molecule has 1 N–H and O–H groups in total. The van der Waals surface area contributed by atoms with Gasteiger partial charge in [-0.15, -0.1) is 0 Å². The van der Waals surface area contributed by atoms with E-state index in [2.05, 4.69) is 28.5 Å². The Kier molecular flexibility index (Phi) is 4.93. The predicted octanol–water partition coefficient (Wildman–Crippen LogP) is 2.98. The largest absolute Gasteiger partial charge is 0.494 e. The summed E-state index contributed by atoms with van der Waals surface area (Å²) >= 11 is 0. The highest BCUT2D eigenvalue weighted by Crippen LogP contribution is 2.22. The Morgan fingerprint density at radius 1 is 1.26 bits per heavy atom. The second-order valence-corrected chi connectivity index (χ2v) is 4.41. The Bertz CT molecular complexity index is 499. The van der Waals surface area contributed by atoms with Crippen molar-refractivity contribution in [3.8, 4) is 5.75 Å². The van der Waals surface area contributed by atoms with Gasteiger partial charge in [0.1, 0.15) is 5.75 Å². The second kappa shape index (κ2) is 6.90. The quantitative estimate of drug-likeness (QED) is 0.862. The number of ether oxygens (including phenoxy) is 1. The molecule has 1 aromatic carbocycles. The summed E-state index contributed by atoms with van der Waals surface area (Å²) in [6.45, 7) is 2.69. The summed E-state index contributed by atoms with van der Waals surface area (Å²) in [7, 11) is 1.98. The maximum atomic E-state index is 5.55. The Labute approximate surface area is 114 Å². The van der Waals surface area contributed by atoms with E-state index in [-0.39, 0.29) is 6.04 Å². The number of hydrogen-bond donors (Lipinski definition) is 1. The summed E-state index contributed by atoms with van der Waals surface area (Å²) in [5.74, 6) is 0.923. The minimum Gasteiger partial charge on any atom is -0.494 e. The lowest BCUT2D eigenvalue weighted by atomic mass is 10.00. The fourth-order valence-corrected chi connectivity index (χ4v) is 2.13. The van der Waals surface area contributed by atoms with Gasteiger partial charge in [0.05, 0.1) is 6.61 Å². The Morgan fingerprint density at radius 2 is 2.16 bits per heavy atom. The van der Waals surface area contributed by atoms with Crippen molar-refractivity contribution in [3.05, 3.63) is 59.9 Å². The van der Waals surface area contributed by atoms with Gasteiger partial charge in [0, 0.05) is 18.4 Å². The molecule has 0 aliphatic carbocycles. The molecule has 0 bridgehead atoms. The summed E-state index contributed by atoms with van der Waals surface area (Å²) < 4.78 is 5.55. The maximum absolute atomic E-state index is 5.55. The van der Waals surface area contributed by atoms with Crippen molar-refractivity contribution >= 4 is 0 Å². The molecule has 0 saturated heterocycles. The summed E-state index contributed by atoms with van der Waals surface area (Å²) in [5.41, 5.74) is 2.46. The average Bonchev–Trinajstić information content (AvgIpc) is 2.46. The van der Waals surface area contributed by atoms with E-state index >= 15 is 0 Å². The predicted molar refractivity (Wildman–Crippen MR) is 77.4 cm³/mol. The molecule has 0 amide bonds. The number of rotatable bonds is 6. The first-order valence-corrected chi connectivity index (χ1v) is 6.62. The second-order valence-electron chi connectivity index (χ2n) is 4.41. The van der Waals surface area contributed by atoms with Crippen LogP contribution in [0.25, 0.3) is 0 Å². The van der Waals surface area contributed by atoms with Gasteiger partial charge in [0.25, 0.3) is 0 Å². The van der Waals surface area contributed by atoms with E-state index in [0.717, 1.165) is 12.2 Å². The van der Waals surface area contributed by atoms with Gasteiger partial charge in [0.2, 0.25) is 0 Å². The molecule has 0 radical (unpaired) electrons. The van der Waals surface area contributed by atoms with Gasteiger partial charge in [-0.3, -0.25) is 4.98 Å². The van der Waals surface area contributed by atoms with Gasteiger partial charge in [-0.1, -0.05) is 18.2 Å². The third kappa shape index (κ3) is 3.80. The minimum atomic E-state index is 0.268. The Morgan fingerprint density at radius 3 is 2.84 bits per heavy atom. The molecule has 2 rings (SSSR count). The fourth-order valence-electron chi connectivity index (χ4n) is 2.13. The summed E-state index contributed by atoms with van der Waals surface area (Å²) in [6, 6.07) is 12.6. The topological polar surface area (TPSA) is 34.1 Å². The lowest BCUT2D eigenvalue weighted by molar-refractivity contribution is 0.339. The number of likely N-dealkylation sites (N-methyl/N-ethyl adjacent to an activating group) is 1. The molecule has 0 spiro atoms. The number of benzene rings is 1. The van der Waals surface area contributed by atoms with Crippen molar-refractivity contribution in [2.75, 3.05) is 13.7 Å². The van der Waals surface area contributed by atoms with Gasteiger partial charge in [-0.05, 0) is 49.7 Å². The molecule has 1 atom stereocenters. The summed E-state index contributed by atoms with van der Waals surface area (Å²) in [6.07, 6.45) is 4.63. The SMILES string of the molecule is CCOc1cccc(C(Cc2cccnc2)NC)c1. The highest BCUT2D eigenvalue weighted by Gasteiger charge is 2.10. The first-order chi connectivity index (χ1) is 9.33. The molecule has 3 heteroatoms. The highest BCUT2D eigenvalue weighted by molar-refractivity contribution is 5.31.